The van der Waals surface area contributed by atoms with E-state index in [0.717, 1.165) is 318 Å². The first-order valence-electron chi connectivity index (χ1n) is 51.4. The average molecular weight is 2000 g/mol. The van der Waals surface area contributed by atoms with E-state index in [1.54, 1.807) is 66.1 Å². The molecule has 754 valence electrons. The lowest BCUT2D eigenvalue weighted by Crippen LogP contribution is -2.51. The molecule has 16 aliphatic rings. The fraction of sp³-hybridized carbons (Fsp3) is 0.400. The Balaban J connectivity index is 0.000000102. The highest BCUT2D eigenvalue weighted by atomic mass is 32.2. The lowest BCUT2D eigenvalue weighted by atomic mass is 9.73. The highest BCUT2D eigenvalue weighted by Gasteiger charge is 2.54. The summed E-state index contributed by atoms with van der Waals surface area (Å²) in [5.74, 6) is 11.3. The molecular weight excluding hydrogens is 1880 g/mol. The van der Waals surface area contributed by atoms with Crippen LogP contribution in [0.15, 0.2) is 199 Å². The van der Waals surface area contributed by atoms with Crippen molar-refractivity contribution in [1.82, 2.24) is 54.0 Å². The number of hydrogen-bond donors (Lipinski definition) is 4. The number of aromatic nitrogens is 11. The summed E-state index contributed by atoms with van der Waals surface area (Å²) in [7, 11) is 1.25. The third-order valence-corrected chi connectivity index (χ3v) is 34.6. The SMILES string of the molecule is C=S(C)(=O)c1cccc2c1CCCN2C1=NCc2nc(N3CCC4(CC3)Cc3c(F)cccc3[C@H]4N)cnc21.Cn1ccc2c(c1=O)CCCN2C1=NCc2nc(N3CCC4(CC3)Oc3c(F)cccc3[C@H]4N)cnc21.Cn1ccc2c(c1=O)CCCN2C1=NCc2nc(N3CCC4(CC3)Oc3ccccc3[C@H]4N)cnc21.N[C@@H]1c2cccc(F)c2OC12CCN(c1cnc3c(n1)CN=C3N1CCCc3ncccc31)CC2. The van der Waals surface area contributed by atoms with Crippen LogP contribution in [0.25, 0.3) is 0 Å². The number of rotatable bonds is 5. The minimum atomic E-state index is -2.33. The molecule has 12 aromatic rings. The van der Waals surface area contributed by atoms with Crippen LogP contribution in [0.1, 0.15) is 197 Å². The van der Waals surface area contributed by atoms with Gasteiger partial charge in [0.1, 0.15) is 74.4 Å². The first kappa shape index (κ1) is 93.6. The van der Waals surface area contributed by atoms with Crippen molar-refractivity contribution < 1.29 is 31.6 Å². The maximum absolute atomic E-state index is 14.5. The van der Waals surface area contributed by atoms with E-state index in [-0.39, 0.29) is 63.8 Å². The van der Waals surface area contributed by atoms with E-state index >= 15 is 0 Å². The van der Waals surface area contributed by atoms with Gasteiger partial charge in [0.15, 0.2) is 46.5 Å². The molecule has 0 amide bonds. The minimum absolute atomic E-state index is 0.0436. The number of nitrogens with zero attached hydrogens (tertiary/aromatic N) is 23. The van der Waals surface area contributed by atoms with Crippen LogP contribution in [-0.2, 0) is 81.9 Å². The van der Waals surface area contributed by atoms with Crippen molar-refractivity contribution in [2.45, 2.75) is 181 Å². The number of aliphatic imine (C=N–C) groups is 4. The molecule has 5 aromatic carbocycles. The number of halogens is 3. The Kier molecular flexibility index (Phi) is 23.3. The van der Waals surface area contributed by atoms with E-state index < -0.39 is 20.7 Å². The maximum atomic E-state index is 14.5. The van der Waals surface area contributed by atoms with Crippen molar-refractivity contribution in [3.63, 3.8) is 0 Å². The highest BCUT2D eigenvalue weighted by molar-refractivity contribution is 7.99. The summed E-state index contributed by atoms with van der Waals surface area (Å²) in [4.78, 5) is 107. The molecule has 37 heteroatoms. The first-order valence-corrected chi connectivity index (χ1v) is 53.5. The number of hydrogen-bond acceptors (Lipinski definition) is 31. The predicted molar refractivity (Wildman–Crippen MR) is 561 cm³/mol. The zero-order valence-corrected chi connectivity index (χ0v) is 83.3. The van der Waals surface area contributed by atoms with Gasteiger partial charge in [-0.1, -0.05) is 60.7 Å². The maximum Gasteiger partial charge on any atom is 0.255 e. The number of nitrogens with two attached hydrogens (primary N) is 4. The van der Waals surface area contributed by atoms with Crippen molar-refractivity contribution in [2.24, 2.45) is 62.4 Å². The number of pyridine rings is 3. The van der Waals surface area contributed by atoms with Crippen molar-refractivity contribution in [3.8, 4) is 17.2 Å². The van der Waals surface area contributed by atoms with Crippen LogP contribution in [0.2, 0.25) is 0 Å². The molecule has 22 heterocycles. The van der Waals surface area contributed by atoms with Crippen LogP contribution < -0.4 is 87.5 Å². The lowest BCUT2D eigenvalue weighted by Gasteiger charge is -2.42. The number of amidine groups is 4. The molecule has 5 atom stereocenters. The first-order chi connectivity index (χ1) is 71.4. The standard InChI is InChI=1S/C30H33FN6OS.C27H28FN7O2.C27H29N7O2.C26H26FN7O/c1-39(2,38)25-10-4-9-24-20(25)7-5-13-37(24)29-27-23(17-34-29)35-26(18-33-27)36-14-11-30(12-15-36)16-21-19(28(30)32)6-3-8-22(21)31;1-33-11-7-20-16(26(33)36)5-3-10-35(20)25-22-19(14-31-25)32-21(15-30-22)34-12-8-27(9-13-34)24(29)17-4-2-6-18(28)23(17)37-27;1-32-12-8-20-17(26(32)35)6-4-11-34(20)25-23-19(15-30-25)31-22(16-29-23)33-13-9-27(10-14-33)24(28)18-5-2-3-7-21(18)36-27;27-17-5-1-4-16-23(17)35-26(24(16)28)8-12-33(13-9-26)21-15-30-22-19(32-21)14-31-25(22)34-11-3-6-18-20(34)7-2-10-29-18/h3-4,6,8-10,18,28H,1,5,7,11-17,32H2,2H3;2,4,6-7,11,15,24H,3,5,8-10,12-14,29H2,1H3;2-3,5,7-8,12,16,24H,4,6,9-11,13-15,28H2,1H3;1-2,4-5,7,10,15,24H,3,6,8-9,11-14,28H2/t28-,39?;3*24-/m1111/s1. The van der Waals surface area contributed by atoms with Gasteiger partial charge in [0.2, 0.25) is 0 Å². The number of ether oxygens (including phenoxy) is 3. The van der Waals surface area contributed by atoms with Gasteiger partial charge in [-0.15, -0.1) is 0 Å². The molecule has 15 aliphatic heterocycles. The predicted octanol–water partition coefficient (Wildman–Crippen LogP) is 11.8. The van der Waals surface area contributed by atoms with Crippen molar-refractivity contribution in [1.29, 1.82) is 0 Å². The number of aryl methyl sites for hydroxylation is 3. The number of benzene rings is 5. The van der Waals surface area contributed by atoms with Crippen molar-refractivity contribution >= 4 is 84.8 Å². The summed E-state index contributed by atoms with van der Waals surface area (Å²) in [5.41, 5.74) is 43.9. The molecule has 4 spiro atoms. The van der Waals surface area contributed by atoms with E-state index in [9.17, 15) is 27.0 Å². The zero-order valence-electron chi connectivity index (χ0n) is 82.5. The van der Waals surface area contributed by atoms with Crippen LogP contribution in [-0.4, -0.2) is 189 Å². The molecule has 0 radical (unpaired) electrons. The van der Waals surface area contributed by atoms with Gasteiger partial charge in [-0.2, -0.15) is 0 Å². The Morgan fingerprint density at radius 3 is 1.17 bits per heavy atom. The second kappa shape index (κ2) is 36.6. The number of fused-ring (bicyclic) bond motifs is 12. The largest absolute Gasteiger partial charge is 0.485 e. The molecule has 28 rings (SSSR count). The zero-order chi connectivity index (χ0) is 100. The van der Waals surface area contributed by atoms with Crippen LogP contribution in [0, 0.1) is 22.9 Å². The van der Waals surface area contributed by atoms with Gasteiger partial charge in [0.05, 0.1) is 115 Å². The topological polar surface area (TPSA) is 384 Å². The van der Waals surface area contributed by atoms with Crippen LogP contribution >= 0.6 is 0 Å². The lowest BCUT2D eigenvalue weighted by molar-refractivity contribution is 0.0401. The molecule has 0 bridgehead atoms. The molecule has 4 fully saturated rings. The Morgan fingerprint density at radius 2 is 0.741 bits per heavy atom. The Bertz CT molecular complexity index is 7740. The molecule has 147 heavy (non-hydrogen) atoms. The van der Waals surface area contributed by atoms with Gasteiger partial charge in [0, 0.05) is 200 Å². The Morgan fingerprint density at radius 1 is 0.374 bits per heavy atom. The van der Waals surface area contributed by atoms with E-state index in [2.05, 4.69) is 68.3 Å². The normalized spacial score (nSPS) is 21.9. The summed E-state index contributed by atoms with van der Waals surface area (Å²) < 4.78 is 77.9. The Hall–Kier alpha value is -14.4. The molecule has 8 N–H and O–H groups in total. The fourth-order valence-corrected chi connectivity index (χ4v) is 26.3. The molecule has 7 aromatic heterocycles. The van der Waals surface area contributed by atoms with Crippen molar-refractivity contribution in [2.75, 3.05) is 124 Å². The van der Waals surface area contributed by atoms with Gasteiger partial charge >= 0.3 is 0 Å². The van der Waals surface area contributed by atoms with E-state index in [1.165, 1.54) is 12.1 Å². The van der Waals surface area contributed by atoms with Crippen molar-refractivity contribution in [3.05, 3.63) is 299 Å². The summed E-state index contributed by atoms with van der Waals surface area (Å²) in [6.07, 6.45) is 28.6. The van der Waals surface area contributed by atoms with Gasteiger partial charge in [0.25, 0.3) is 11.1 Å². The number of piperidine rings is 4. The van der Waals surface area contributed by atoms with Gasteiger partial charge in [-0.3, -0.25) is 38.8 Å². The van der Waals surface area contributed by atoms with E-state index in [1.807, 2.05) is 97.7 Å². The quantitative estimate of drug-likeness (QED) is 0.116. The summed E-state index contributed by atoms with van der Waals surface area (Å²) in [5, 5.41) is 0. The average Bonchev–Trinajstić information content (AvgIpc) is 1.65. The van der Waals surface area contributed by atoms with E-state index in [0.29, 0.717) is 82.9 Å². The Labute approximate surface area is 848 Å². The van der Waals surface area contributed by atoms with E-state index in [4.69, 9.17) is 97.0 Å². The summed E-state index contributed by atoms with van der Waals surface area (Å²) in [6.45, 7) is 11.4. The van der Waals surface area contributed by atoms with Crippen LogP contribution in [0.3, 0.4) is 0 Å². The fourth-order valence-electron chi connectivity index (χ4n) is 25.2. The van der Waals surface area contributed by atoms with Gasteiger partial charge in [-0.05, 0) is 169 Å². The summed E-state index contributed by atoms with van der Waals surface area (Å²) >= 11 is 0. The molecular formula is C110H116F3N27O6S. The van der Waals surface area contributed by atoms with Crippen LogP contribution in [0.4, 0.5) is 59.2 Å². The second-order valence-corrected chi connectivity index (χ2v) is 44.1. The smallest absolute Gasteiger partial charge is 0.255 e. The molecule has 33 nitrogen and oxygen atoms in total. The second-order valence-electron chi connectivity index (χ2n) is 41.7. The highest BCUT2D eigenvalue weighted by Crippen LogP contribution is 2.55. The van der Waals surface area contributed by atoms with Gasteiger partial charge in [-0.25, -0.2) is 53.0 Å². The summed E-state index contributed by atoms with van der Waals surface area (Å²) in [6, 6.07) is 36.4. The van der Waals surface area contributed by atoms with Gasteiger partial charge < -0.3 is 85.5 Å². The number of anilines is 8. The number of para-hydroxylation sites is 3. The van der Waals surface area contributed by atoms with Crippen LogP contribution in [0.5, 0.6) is 17.2 Å². The molecule has 0 saturated carbocycles. The third-order valence-electron chi connectivity index (χ3n) is 33.3. The minimum Gasteiger partial charge on any atom is -0.485 e. The third kappa shape index (κ3) is 16.0. The monoisotopic (exact) mass is 2000 g/mol. The molecule has 1 aliphatic carbocycles. The molecule has 1 unspecified atom stereocenters. The molecule has 4 saturated heterocycles.